The quantitative estimate of drug-likeness (QED) is 0.512. The molecule has 0 radical (unpaired) electrons. The molecule has 1 aliphatic heterocycles. The molecule has 2 aliphatic carbocycles. The molecule has 0 amide bonds. The molecule has 2 fully saturated rings. The van der Waals surface area contributed by atoms with Gasteiger partial charge in [0, 0.05) is 13.7 Å². The van der Waals surface area contributed by atoms with E-state index in [0.717, 1.165) is 37.1 Å². The van der Waals surface area contributed by atoms with E-state index < -0.39 is 37.3 Å². The van der Waals surface area contributed by atoms with Crippen molar-refractivity contribution >= 4 is 0 Å². The van der Waals surface area contributed by atoms with Crippen LogP contribution in [0.15, 0.2) is 0 Å². The largest absolute Gasteiger partial charge is 0.396 e. The highest BCUT2D eigenvalue weighted by atomic mass is 16.7. The van der Waals surface area contributed by atoms with E-state index in [4.69, 9.17) is 9.47 Å². The minimum Gasteiger partial charge on any atom is -0.396 e. The maximum atomic E-state index is 10.6. The molecule has 1 aromatic rings. The van der Waals surface area contributed by atoms with Crippen LogP contribution in [-0.2, 0) is 22.3 Å². The fourth-order valence-electron chi connectivity index (χ4n) is 4.82. The van der Waals surface area contributed by atoms with Crippen LogP contribution in [0.2, 0.25) is 0 Å². The average molecular weight is 369 g/mol. The normalized spacial score (nSPS) is 42.5. The minimum atomic E-state index is -1.24. The lowest BCUT2D eigenvalue weighted by Gasteiger charge is -2.41. The zero-order chi connectivity index (χ0) is 18.4. The molecule has 9 nitrogen and oxygen atoms in total. The van der Waals surface area contributed by atoms with Gasteiger partial charge in [0.25, 0.3) is 0 Å². The topological polar surface area (TPSA) is 130 Å². The molecule has 0 bridgehead atoms. The Morgan fingerprint density at radius 2 is 1.85 bits per heavy atom. The number of fused-ring (bicyclic) bond motifs is 2. The van der Waals surface area contributed by atoms with Crippen LogP contribution in [-0.4, -0.2) is 80.3 Å². The van der Waals surface area contributed by atoms with Crippen LogP contribution < -0.4 is 0 Å². The number of nitrogens with zero attached hydrogens (tertiary/aromatic N) is 3. The van der Waals surface area contributed by atoms with Crippen molar-refractivity contribution in [3.8, 4) is 0 Å². The molecule has 1 saturated carbocycles. The second kappa shape index (κ2) is 7.14. The first kappa shape index (κ1) is 18.3. The Bertz CT molecular complexity index is 638. The number of hydrogen-bond donors (Lipinski definition) is 4. The van der Waals surface area contributed by atoms with E-state index >= 15 is 0 Å². The summed E-state index contributed by atoms with van der Waals surface area (Å²) in [6, 6.07) is -0.739. The molecule has 1 saturated heterocycles. The van der Waals surface area contributed by atoms with Gasteiger partial charge in [0.1, 0.15) is 24.4 Å². The first-order valence-corrected chi connectivity index (χ1v) is 9.29. The predicted octanol–water partition coefficient (Wildman–Crippen LogP) is -1.36. The molecule has 0 spiro atoms. The maximum absolute atomic E-state index is 10.6. The van der Waals surface area contributed by atoms with Crippen LogP contribution in [0.5, 0.6) is 0 Å². The lowest BCUT2D eigenvalue weighted by Crippen LogP contribution is -2.57. The van der Waals surface area contributed by atoms with Gasteiger partial charge in [-0.3, -0.25) is 0 Å². The number of aliphatic hydroxyl groups is 4. The summed E-state index contributed by atoms with van der Waals surface area (Å²) in [4.78, 5) is 0. The SMILES string of the molecule is CO[C@H]1O[C@H](CO)[C@@H](O)[C@H](O)[C@H]1n1nnc2c1CC[C@@H]1[C@H](CO)[C@@H]1CC2. The van der Waals surface area contributed by atoms with E-state index in [1.54, 1.807) is 4.68 Å². The fraction of sp³-hybridized carbons (Fsp3) is 0.882. The zero-order valence-electron chi connectivity index (χ0n) is 14.8. The molecule has 0 unspecified atom stereocenters. The molecule has 4 N–H and O–H groups in total. The number of rotatable bonds is 4. The van der Waals surface area contributed by atoms with Gasteiger partial charge in [-0.05, 0) is 43.4 Å². The Morgan fingerprint density at radius 1 is 1.12 bits per heavy atom. The van der Waals surface area contributed by atoms with E-state index in [9.17, 15) is 20.4 Å². The summed E-state index contributed by atoms with van der Waals surface area (Å²) in [5, 5.41) is 48.3. The van der Waals surface area contributed by atoms with Crippen LogP contribution in [0.4, 0.5) is 0 Å². The van der Waals surface area contributed by atoms with Gasteiger partial charge >= 0.3 is 0 Å². The van der Waals surface area contributed by atoms with Gasteiger partial charge < -0.3 is 29.9 Å². The highest BCUT2D eigenvalue weighted by Gasteiger charge is 2.50. The standard InChI is InChI=1S/C17H27N3O6/c1-25-17-14(16(24)15(23)13(7-22)26-17)20-12-5-3-9-8(10(9)6-21)2-4-11(12)18-19-20/h8-10,13-17,21-24H,2-7H2,1H3/t8-,9+,10-,13-,14-,15-,16-,17+/m1/s1. The minimum absolute atomic E-state index is 0.237. The molecule has 0 aromatic carbocycles. The maximum Gasteiger partial charge on any atom is 0.182 e. The van der Waals surface area contributed by atoms with Gasteiger partial charge in [-0.2, -0.15) is 0 Å². The van der Waals surface area contributed by atoms with Crippen LogP contribution >= 0.6 is 0 Å². The molecule has 26 heavy (non-hydrogen) atoms. The second-order valence-electron chi connectivity index (χ2n) is 7.61. The second-order valence-corrected chi connectivity index (χ2v) is 7.61. The third kappa shape index (κ3) is 2.87. The van der Waals surface area contributed by atoms with Gasteiger partial charge in [0.15, 0.2) is 6.29 Å². The van der Waals surface area contributed by atoms with Gasteiger partial charge in [0.2, 0.25) is 0 Å². The number of aromatic nitrogens is 3. The third-order valence-electron chi connectivity index (χ3n) is 6.38. The summed E-state index contributed by atoms with van der Waals surface area (Å²) in [5.74, 6) is 1.50. The van der Waals surface area contributed by atoms with Crippen LogP contribution in [0, 0.1) is 17.8 Å². The monoisotopic (exact) mass is 369 g/mol. The first-order valence-electron chi connectivity index (χ1n) is 9.29. The zero-order valence-corrected chi connectivity index (χ0v) is 14.8. The van der Waals surface area contributed by atoms with Crippen LogP contribution in [0.3, 0.4) is 0 Å². The molecule has 3 aliphatic rings. The number of hydrogen-bond acceptors (Lipinski definition) is 8. The van der Waals surface area contributed by atoms with Crippen LogP contribution in [0.1, 0.15) is 30.3 Å². The van der Waals surface area contributed by atoms with Crippen LogP contribution in [0.25, 0.3) is 0 Å². The smallest absolute Gasteiger partial charge is 0.182 e. The van der Waals surface area contributed by atoms with Crippen molar-refractivity contribution in [1.82, 2.24) is 15.0 Å². The summed E-state index contributed by atoms with van der Waals surface area (Å²) in [5.41, 5.74) is 1.82. The summed E-state index contributed by atoms with van der Waals surface area (Å²) in [7, 11) is 1.46. The molecule has 8 atom stereocenters. The molecule has 4 rings (SSSR count). The molecular formula is C17H27N3O6. The van der Waals surface area contributed by atoms with Crippen molar-refractivity contribution in [3.63, 3.8) is 0 Å². The molecule has 2 heterocycles. The number of aliphatic hydroxyl groups excluding tert-OH is 4. The van der Waals surface area contributed by atoms with Crippen molar-refractivity contribution in [2.24, 2.45) is 17.8 Å². The summed E-state index contributed by atoms with van der Waals surface area (Å²) < 4.78 is 12.6. The molecule has 1 aromatic heterocycles. The summed E-state index contributed by atoms with van der Waals surface area (Å²) in [6.07, 6.45) is -0.727. The predicted molar refractivity (Wildman–Crippen MR) is 88.0 cm³/mol. The number of aryl methyl sites for hydroxylation is 1. The van der Waals surface area contributed by atoms with Crippen molar-refractivity contribution in [2.75, 3.05) is 20.3 Å². The Balaban J connectivity index is 1.60. The Hall–Kier alpha value is -1.10. The summed E-state index contributed by atoms with van der Waals surface area (Å²) in [6.45, 7) is -0.174. The van der Waals surface area contributed by atoms with E-state index in [1.165, 1.54) is 7.11 Å². The van der Waals surface area contributed by atoms with Gasteiger partial charge in [0.05, 0.1) is 18.0 Å². The van der Waals surface area contributed by atoms with Crippen molar-refractivity contribution in [2.45, 2.75) is 56.3 Å². The van der Waals surface area contributed by atoms with Gasteiger partial charge in [-0.1, -0.05) is 5.21 Å². The third-order valence-corrected chi connectivity index (χ3v) is 6.38. The molecule has 146 valence electrons. The average Bonchev–Trinajstić information content (AvgIpc) is 3.16. The van der Waals surface area contributed by atoms with E-state index in [0.29, 0.717) is 17.8 Å². The van der Waals surface area contributed by atoms with E-state index in [-0.39, 0.29) is 6.61 Å². The summed E-state index contributed by atoms with van der Waals surface area (Å²) >= 11 is 0. The lowest BCUT2D eigenvalue weighted by atomic mass is 9.95. The Kier molecular flexibility index (Phi) is 5.02. The molecular weight excluding hydrogens is 342 g/mol. The molecule has 9 heteroatoms. The highest BCUT2D eigenvalue weighted by molar-refractivity contribution is 5.17. The Morgan fingerprint density at radius 3 is 2.50 bits per heavy atom. The lowest BCUT2D eigenvalue weighted by molar-refractivity contribution is -0.274. The highest BCUT2D eigenvalue weighted by Crippen LogP contribution is 2.52. The van der Waals surface area contributed by atoms with E-state index in [2.05, 4.69) is 10.3 Å². The van der Waals surface area contributed by atoms with E-state index in [1.807, 2.05) is 0 Å². The van der Waals surface area contributed by atoms with Crippen molar-refractivity contribution in [3.05, 3.63) is 11.4 Å². The van der Waals surface area contributed by atoms with Gasteiger partial charge in [-0.25, -0.2) is 4.68 Å². The fourth-order valence-corrected chi connectivity index (χ4v) is 4.82. The Labute approximate surface area is 151 Å². The number of methoxy groups -OCH3 is 1. The van der Waals surface area contributed by atoms with Crippen molar-refractivity contribution in [1.29, 1.82) is 0 Å². The first-order chi connectivity index (χ1) is 12.6. The number of ether oxygens (including phenoxy) is 2. The van der Waals surface area contributed by atoms with Gasteiger partial charge in [-0.15, -0.1) is 5.10 Å². The van der Waals surface area contributed by atoms with Crippen molar-refractivity contribution < 1.29 is 29.9 Å².